The fraction of sp³-hybridized carbons (Fsp3) is 0.600. The lowest BCUT2D eigenvalue weighted by molar-refractivity contribution is 0.0742. The molecule has 7 nitrogen and oxygen atoms in total. The Kier molecular flexibility index (Phi) is 3.91. The van der Waals surface area contributed by atoms with Gasteiger partial charge in [-0.15, -0.1) is 0 Å². The smallest absolute Gasteiger partial charge is 0.217 e. The van der Waals surface area contributed by atoms with E-state index < -0.39 is 27.6 Å². The fourth-order valence-electron chi connectivity index (χ4n) is 3.45. The Morgan fingerprint density at radius 1 is 1.28 bits per heavy atom. The van der Waals surface area contributed by atoms with Crippen molar-refractivity contribution < 1.29 is 17.2 Å². The van der Waals surface area contributed by atoms with Crippen LogP contribution in [0, 0.1) is 0 Å². The van der Waals surface area contributed by atoms with Crippen molar-refractivity contribution in [2.24, 2.45) is 0 Å². The molecule has 2 aliphatic carbocycles. The molecule has 3 atom stereocenters. The Balaban J connectivity index is 1.38. The lowest BCUT2D eigenvalue weighted by atomic mass is 9.86. The number of aromatic nitrogens is 3. The van der Waals surface area contributed by atoms with E-state index in [1.807, 2.05) is 18.0 Å². The first-order chi connectivity index (χ1) is 11.9. The van der Waals surface area contributed by atoms with Crippen LogP contribution >= 0.6 is 0 Å². The van der Waals surface area contributed by atoms with Crippen LogP contribution in [0.25, 0.3) is 11.0 Å². The third kappa shape index (κ3) is 2.77. The van der Waals surface area contributed by atoms with Crippen LogP contribution in [0.5, 0.6) is 0 Å². The Labute approximate surface area is 143 Å². The molecular formula is C15H19F2N5O2S. The number of aromatic amines is 1. The summed E-state index contributed by atoms with van der Waals surface area (Å²) in [7, 11) is -1.92. The van der Waals surface area contributed by atoms with Gasteiger partial charge in [-0.1, -0.05) is 0 Å². The molecule has 136 valence electrons. The molecule has 3 unspecified atom stereocenters. The van der Waals surface area contributed by atoms with Crippen LogP contribution in [0.15, 0.2) is 18.6 Å². The molecule has 0 spiro atoms. The van der Waals surface area contributed by atoms with Gasteiger partial charge in [-0.3, -0.25) is 0 Å². The minimum atomic E-state index is -3.82. The predicted molar refractivity (Wildman–Crippen MR) is 89.4 cm³/mol. The predicted octanol–water partition coefficient (Wildman–Crippen LogP) is 1.29. The van der Waals surface area contributed by atoms with Crippen molar-refractivity contribution in [1.29, 1.82) is 0 Å². The Morgan fingerprint density at radius 3 is 2.72 bits per heavy atom. The number of halogens is 2. The van der Waals surface area contributed by atoms with Crippen LogP contribution in [-0.2, 0) is 10.0 Å². The Morgan fingerprint density at radius 2 is 2.04 bits per heavy atom. The maximum atomic E-state index is 13.4. The quantitative estimate of drug-likeness (QED) is 0.827. The molecule has 0 radical (unpaired) electrons. The van der Waals surface area contributed by atoms with Gasteiger partial charge in [0.2, 0.25) is 10.0 Å². The Hall–Kier alpha value is -1.81. The summed E-state index contributed by atoms with van der Waals surface area (Å²) in [6.07, 6.45) is 0.608. The zero-order valence-electron chi connectivity index (χ0n) is 13.6. The Bertz CT molecular complexity index is 883. The summed E-state index contributed by atoms with van der Waals surface area (Å²) in [6.45, 7) is 0. The number of hydrogen-bond donors (Lipinski definition) is 2. The van der Waals surface area contributed by atoms with Gasteiger partial charge in [-0.25, -0.2) is 31.9 Å². The van der Waals surface area contributed by atoms with Crippen molar-refractivity contribution >= 4 is 26.9 Å². The van der Waals surface area contributed by atoms with Crippen LogP contribution < -0.4 is 9.62 Å². The van der Waals surface area contributed by atoms with Gasteiger partial charge < -0.3 is 9.88 Å². The molecule has 2 aliphatic rings. The van der Waals surface area contributed by atoms with Crippen molar-refractivity contribution in [3.63, 3.8) is 0 Å². The molecule has 0 saturated heterocycles. The minimum absolute atomic E-state index is 0.122. The van der Waals surface area contributed by atoms with Crippen LogP contribution in [0.1, 0.15) is 19.3 Å². The van der Waals surface area contributed by atoms with E-state index in [9.17, 15) is 17.2 Å². The highest BCUT2D eigenvalue weighted by molar-refractivity contribution is 7.90. The lowest BCUT2D eigenvalue weighted by Gasteiger charge is -2.43. The van der Waals surface area contributed by atoms with Gasteiger partial charge in [0.25, 0.3) is 0 Å². The summed E-state index contributed by atoms with van der Waals surface area (Å²) in [4.78, 5) is 13.5. The number of H-pyrrole nitrogens is 1. The van der Waals surface area contributed by atoms with E-state index in [4.69, 9.17) is 0 Å². The van der Waals surface area contributed by atoms with Crippen molar-refractivity contribution in [2.45, 2.75) is 48.9 Å². The lowest BCUT2D eigenvalue weighted by Crippen LogP contribution is -2.59. The number of alkyl halides is 2. The van der Waals surface area contributed by atoms with E-state index in [0.717, 1.165) is 16.9 Å². The minimum Gasteiger partial charge on any atom is -0.356 e. The van der Waals surface area contributed by atoms with E-state index >= 15 is 0 Å². The number of anilines is 1. The van der Waals surface area contributed by atoms with Gasteiger partial charge >= 0.3 is 0 Å². The molecule has 2 saturated carbocycles. The molecule has 2 aromatic rings. The van der Waals surface area contributed by atoms with E-state index in [-0.39, 0.29) is 18.5 Å². The zero-order chi connectivity index (χ0) is 17.8. The third-order valence-electron chi connectivity index (χ3n) is 5.22. The van der Waals surface area contributed by atoms with Gasteiger partial charge in [0, 0.05) is 31.7 Å². The monoisotopic (exact) mass is 371 g/mol. The molecule has 4 rings (SSSR count). The van der Waals surface area contributed by atoms with Gasteiger partial charge in [0.1, 0.15) is 35.4 Å². The number of sulfonamides is 1. The highest BCUT2D eigenvalue weighted by Gasteiger charge is 2.51. The summed E-state index contributed by atoms with van der Waals surface area (Å²) >= 11 is 0. The van der Waals surface area contributed by atoms with Crippen LogP contribution in [0.2, 0.25) is 0 Å². The fourth-order valence-corrected chi connectivity index (χ4v) is 5.23. The van der Waals surface area contributed by atoms with Crippen LogP contribution in [-0.4, -0.2) is 60.1 Å². The second kappa shape index (κ2) is 5.87. The highest BCUT2D eigenvalue weighted by Crippen LogP contribution is 2.35. The molecule has 0 aromatic carbocycles. The summed E-state index contributed by atoms with van der Waals surface area (Å²) in [5.41, 5.74) is 0.744. The standard InChI is InChI=1S/C15H19F2N5O2S/c1-22(15-10-2-3-18-14(10)19-7-20-15)9-4-8(5-9)21-25(23,24)12-6-11(16)13(12)17/h2-3,7-9,11-13,21H,4-6H2,1H3,(H,18,19,20). The maximum absolute atomic E-state index is 13.4. The molecule has 2 fully saturated rings. The van der Waals surface area contributed by atoms with Crippen molar-refractivity contribution in [2.75, 3.05) is 11.9 Å². The second-order valence-electron chi connectivity index (χ2n) is 6.77. The molecule has 2 aromatic heterocycles. The first-order valence-corrected chi connectivity index (χ1v) is 9.71. The highest BCUT2D eigenvalue weighted by atomic mass is 32.2. The molecule has 2 heterocycles. The van der Waals surface area contributed by atoms with Gasteiger partial charge in [-0.2, -0.15) is 0 Å². The summed E-state index contributed by atoms with van der Waals surface area (Å²) in [6, 6.07) is 1.76. The topological polar surface area (TPSA) is 91.0 Å². The average Bonchev–Trinajstić information content (AvgIpc) is 3.03. The number of rotatable bonds is 5. The largest absolute Gasteiger partial charge is 0.356 e. The summed E-state index contributed by atoms with van der Waals surface area (Å²) in [5.74, 6) is 0.778. The first-order valence-electron chi connectivity index (χ1n) is 8.17. The van der Waals surface area contributed by atoms with E-state index in [0.29, 0.717) is 12.8 Å². The third-order valence-corrected chi connectivity index (χ3v) is 7.13. The van der Waals surface area contributed by atoms with E-state index in [1.165, 1.54) is 6.33 Å². The van der Waals surface area contributed by atoms with Crippen LogP contribution in [0.4, 0.5) is 14.6 Å². The summed E-state index contributed by atoms with van der Waals surface area (Å²) in [5, 5.41) is -0.363. The molecule has 10 heteroatoms. The molecule has 25 heavy (non-hydrogen) atoms. The van der Waals surface area contributed by atoms with E-state index in [1.54, 1.807) is 6.20 Å². The molecule has 0 aliphatic heterocycles. The maximum Gasteiger partial charge on any atom is 0.217 e. The first kappa shape index (κ1) is 16.6. The zero-order valence-corrected chi connectivity index (χ0v) is 14.4. The molecular weight excluding hydrogens is 352 g/mol. The van der Waals surface area contributed by atoms with Gasteiger partial charge in [0.15, 0.2) is 0 Å². The number of nitrogens with zero attached hydrogens (tertiary/aromatic N) is 3. The SMILES string of the molecule is CN(c1ncnc2[nH]ccc12)C1CC(NS(=O)(=O)C2CC(F)C2F)C1. The number of hydrogen-bond acceptors (Lipinski definition) is 5. The van der Waals surface area contributed by atoms with Crippen molar-refractivity contribution in [3.05, 3.63) is 18.6 Å². The summed E-state index contributed by atoms with van der Waals surface area (Å²) < 4.78 is 53.0. The van der Waals surface area contributed by atoms with Gasteiger partial charge in [-0.05, 0) is 18.9 Å². The molecule has 2 N–H and O–H groups in total. The molecule has 0 amide bonds. The normalized spacial score (nSPS) is 32.2. The van der Waals surface area contributed by atoms with Crippen molar-refractivity contribution in [3.8, 4) is 0 Å². The van der Waals surface area contributed by atoms with Crippen LogP contribution in [0.3, 0.4) is 0 Å². The second-order valence-corrected chi connectivity index (χ2v) is 8.70. The number of nitrogens with one attached hydrogen (secondary N) is 2. The number of fused-ring (bicyclic) bond motifs is 1. The average molecular weight is 371 g/mol. The van der Waals surface area contributed by atoms with E-state index in [2.05, 4.69) is 19.7 Å². The van der Waals surface area contributed by atoms with Crippen molar-refractivity contribution in [1.82, 2.24) is 19.7 Å². The molecule has 0 bridgehead atoms. The van der Waals surface area contributed by atoms with Gasteiger partial charge in [0.05, 0.1) is 5.39 Å².